The Kier molecular flexibility index (Phi) is 5.72. The van der Waals surface area contributed by atoms with Crippen LogP contribution < -0.4 is 16.6 Å². The average molecular weight is 457 g/mol. The molecule has 0 atom stereocenters. The second-order valence-electron chi connectivity index (χ2n) is 8.65. The number of amides is 1. The van der Waals surface area contributed by atoms with Crippen LogP contribution in [0, 0.1) is 11.3 Å². The predicted molar refractivity (Wildman–Crippen MR) is 127 cm³/mol. The third kappa shape index (κ3) is 3.88. The highest BCUT2D eigenvalue weighted by Gasteiger charge is 2.21. The first-order valence-electron chi connectivity index (χ1n) is 11.4. The molecule has 1 amide bonds. The number of rotatable bonds is 5. The van der Waals surface area contributed by atoms with Crippen LogP contribution in [0.1, 0.15) is 48.0 Å². The Balaban J connectivity index is 1.67. The van der Waals surface area contributed by atoms with E-state index in [9.17, 15) is 14.4 Å². The molecule has 0 saturated heterocycles. The lowest BCUT2D eigenvalue weighted by Crippen LogP contribution is -2.36. The lowest BCUT2D eigenvalue weighted by molar-refractivity contribution is 0.0928. The largest absolute Gasteiger partial charge is 0.353 e. The molecular weight excluding hydrogens is 432 g/mol. The van der Waals surface area contributed by atoms with Crippen LogP contribution in [0.4, 0.5) is 0 Å². The maximum absolute atomic E-state index is 13.5. The molecule has 9 heteroatoms. The number of benzene rings is 2. The quantitative estimate of drug-likeness (QED) is 0.495. The summed E-state index contributed by atoms with van der Waals surface area (Å²) in [6.07, 6.45) is 5.28. The molecule has 1 saturated carbocycles. The molecule has 1 aliphatic rings. The summed E-state index contributed by atoms with van der Waals surface area (Å²) in [6.45, 7) is -0.0323. The average Bonchev–Trinajstić information content (AvgIpc) is 3.19. The summed E-state index contributed by atoms with van der Waals surface area (Å²) in [5.74, 6) is -0.0979. The number of hydrogen-bond donors (Lipinski definition) is 1. The summed E-state index contributed by atoms with van der Waals surface area (Å²) in [4.78, 5) is 39.5. The first-order chi connectivity index (χ1) is 16.6. The number of nitrogens with one attached hydrogen (secondary N) is 1. The van der Waals surface area contributed by atoms with E-state index in [0.29, 0.717) is 16.5 Å². The maximum atomic E-state index is 13.5. The molecule has 5 rings (SSSR count). The highest BCUT2D eigenvalue weighted by molar-refractivity contribution is 5.98. The fourth-order valence-electron chi connectivity index (χ4n) is 4.65. The summed E-state index contributed by atoms with van der Waals surface area (Å²) < 4.78 is 3.77. The van der Waals surface area contributed by atoms with Gasteiger partial charge in [-0.1, -0.05) is 49.6 Å². The minimum Gasteiger partial charge on any atom is -0.349 e. The zero-order valence-electron chi connectivity index (χ0n) is 18.6. The zero-order chi connectivity index (χ0) is 23.7. The summed E-state index contributed by atoms with van der Waals surface area (Å²) in [6, 6.07) is 16.2. The number of carbonyl (C=O) groups is 1. The third-order valence-corrected chi connectivity index (χ3v) is 6.38. The molecule has 172 valence electrons. The fourth-order valence-corrected chi connectivity index (χ4v) is 4.65. The Bertz CT molecular complexity index is 1530. The Morgan fingerprint density at radius 3 is 2.59 bits per heavy atom. The molecule has 2 aromatic carbocycles. The molecule has 34 heavy (non-hydrogen) atoms. The van der Waals surface area contributed by atoms with Crippen LogP contribution in [0.3, 0.4) is 0 Å². The van der Waals surface area contributed by atoms with Crippen LogP contribution >= 0.6 is 0 Å². The lowest BCUT2D eigenvalue weighted by atomic mass is 9.95. The summed E-state index contributed by atoms with van der Waals surface area (Å²) in [5, 5.41) is 16.8. The van der Waals surface area contributed by atoms with Gasteiger partial charge in [-0.3, -0.25) is 14.2 Å². The first kappa shape index (κ1) is 21.6. The van der Waals surface area contributed by atoms with E-state index in [1.165, 1.54) is 15.4 Å². The van der Waals surface area contributed by atoms with Crippen molar-refractivity contribution in [3.8, 4) is 6.07 Å². The number of fused-ring (bicyclic) bond motifs is 3. The van der Waals surface area contributed by atoms with Crippen LogP contribution in [-0.2, 0) is 13.1 Å². The number of nitrogens with zero attached hydrogens (tertiary/aromatic N) is 5. The van der Waals surface area contributed by atoms with Gasteiger partial charge in [0.05, 0.1) is 23.5 Å². The summed E-state index contributed by atoms with van der Waals surface area (Å²) in [7, 11) is 0. The monoisotopic (exact) mass is 456 g/mol. The highest BCUT2D eigenvalue weighted by atomic mass is 16.2. The van der Waals surface area contributed by atoms with Crippen molar-refractivity contribution in [3.05, 3.63) is 80.5 Å². The molecule has 0 radical (unpaired) electrons. The normalized spacial score (nSPS) is 14.3. The Morgan fingerprint density at radius 2 is 1.85 bits per heavy atom. The van der Waals surface area contributed by atoms with Gasteiger partial charge < -0.3 is 5.32 Å². The van der Waals surface area contributed by atoms with Crippen molar-refractivity contribution < 1.29 is 4.79 Å². The lowest BCUT2D eigenvalue weighted by Gasteiger charge is -2.22. The number of hydrogen-bond acceptors (Lipinski definition) is 5. The smallest absolute Gasteiger partial charge is 0.349 e. The van der Waals surface area contributed by atoms with E-state index >= 15 is 0 Å². The minimum absolute atomic E-state index is 0.131. The van der Waals surface area contributed by atoms with Gasteiger partial charge in [-0.2, -0.15) is 9.94 Å². The van der Waals surface area contributed by atoms with E-state index in [-0.39, 0.29) is 36.4 Å². The molecule has 1 N–H and O–H groups in total. The molecule has 1 aliphatic carbocycles. The van der Waals surface area contributed by atoms with Gasteiger partial charge in [0.25, 0.3) is 11.5 Å². The van der Waals surface area contributed by atoms with Crippen LogP contribution in [0.25, 0.3) is 16.7 Å². The first-order valence-corrected chi connectivity index (χ1v) is 11.4. The van der Waals surface area contributed by atoms with Crippen LogP contribution in [-0.4, -0.2) is 30.7 Å². The molecule has 0 spiro atoms. The fraction of sp³-hybridized carbons (Fsp3) is 0.320. The highest BCUT2D eigenvalue weighted by Crippen LogP contribution is 2.19. The van der Waals surface area contributed by atoms with Crippen molar-refractivity contribution in [1.29, 1.82) is 5.26 Å². The van der Waals surface area contributed by atoms with E-state index in [1.54, 1.807) is 18.2 Å². The van der Waals surface area contributed by atoms with Gasteiger partial charge >= 0.3 is 5.69 Å². The SMILES string of the molecule is N#CCn1nc2n(Cc3ccccc3)c(=O)c3ccc(C(=O)NC4CCCCC4)cc3n2c1=O. The van der Waals surface area contributed by atoms with E-state index in [0.717, 1.165) is 35.9 Å². The maximum Gasteiger partial charge on any atom is 0.353 e. The van der Waals surface area contributed by atoms with Gasteiger partial charge in [0.2, 0.25) is 5.78 Å². The number of aromatic nitrogens is 4. The van der Waals surface area contributed by atoms with Gasteiger partial charge in [-0.25, -0.2) is 9.20 Å². The van der Waals surface area contributed by atoms with E-state index in [1.807, 2.05) is 36.4 Å². The molecular formula is C25H24N6O3. The zero-order valence-corrected chi connectivity index (χ0v) is 18.6. The Hall–Kier alpha value is -4.19. The standard InChI is InChI=1S/C25H24N6O3/c26-13-14-30-25(34)31-21-15-18(22(32)27-19-9-5-2-6-10-19)11-12-20(21)23(33)29(24(31)28-30)16-17-7-3-1-4-8-17/h1,3-4,7-8,11-12,15,19H,2,5-6,9-10,14,16H2,(H,27,32). The van der Waals surface area contributed by atoms with Crippen LogP contribution in [0.15, 0.2) is 58.1 Å². The van der Waals surface area contributed by atoms with Crippen molar-refractivity contribution in [2.75, 3.05) is 0 Å². The Morgan fingerprint density at radius 1 is 1.09 bits per heavy atom. The second-order valence-corrected chi connectivity index (χ2v) is 8.65. The van der Waals surface area contributed by atoms with Crippen molar-refractivity contribution in [3.63, 3.8) is 0 Å². The van der Waals surface area contributed by atoms with E-state index < -0.39 is 5.69 Å². The van der Waals surface area contributed by atoms with Crippen LogP contribution in [0.2, 0.25) is 0 Å². The van der Waals surface area contributed by atoms with Gasteiger partial charge in [-0.05, 0) is 36.6 Å². The third-order valence-electron chi connectivity index (χ3n) is 6.38. The summed E-state index contributed by atoms with van der Waals surface area (Å²) in [5.41, 5.74) is 0.693. The van der Waals surface area contributed by atoms with Gasteiger partial charge in [-0.15, -0.1) is 5.10 Å². The minimum atomic E-state index is -0.534. The molecule has 1 fully saturated rings. The van der Waals surface area contributed by atoms with Crippen molar-refractivity contribution in [2.24, 2.45) is 0 Å². The molecule has 0 aliphatic heterocycles. The molecule has 4 aromatic rings. The molecule has 0 unspecified atom stereocenters. The summed E-state index contributed by atoms with van der Waals surface area (Å²) >= 11 is 0. The van der Waals surface area contributed by atoms with Gasteiger partial charge in [0.15, 0.2) is 0 Å². The molecule has 0 bridgehead atoms. The molecule has 9 nitrogen and oxygen atoms in total. The van der Waals surface area contributed by atoms with Crippen LogP contribution in [0.5, 0.6) is 0 Å². The number of carbonyl (C=O) groups excluding carboxylic acids is 1. The molecule has 2 aromatic heterocycles. The number of nitriles is 1. The van der Waals surface area contributed by atoms with Gasteiger partial charge in [0, 0.05) is 11.6 Å². The van der Waals surface area contributed by atoms with Crippen molar-refractivity contribution in [2.45, 2.75) is 51.2 Å². The Labute approximate surface area is 194 Å². The molecule has 2 heterocycles. The second kappa shape index (κ2) is 8.98. The van der Waals surface area contributed by atoms with E-state index in [4.69, 9.17) is 5.26 Å². The van der Waals surface area contributed by atoms with Crippen molar-refractivity contribution >= 4 is 22.6 Å². The topological polar surface area (TPSA) is 114 Å². The van der Waals surface area contributed by atoms with E-state index in [2.05, 4.69) is 10.4 Å². The predicted octanol–water partition coefficient (Wildman–Crippen LogP) is 2.45. The van der Waals surface area contributed by atoms with Gasteiger partial charge in [0.1, 0.15) is 6.54 Å². The van der Waals surface area contributed by atoms with Crippen molar-refractivity contribution in [1.82, 2.24) is 24.1 Å².